The molecule has 1 aromatic heterocycles. The molecule has 2 aromatic rings. The smallest absolute Gasteiger partial charge is 0.430 e. The molecule has 1 aliphatic carbocycles. The quantitative estimate of drug-likeness (QED) is 0.195. The summed E-state index contributed by atoms with van der Waals surface area (Å²) >= 11 is 1.12. The van der Waals surface area contributed by atoms with Crippen molar-refractivity contribution in [3.05, 3.63) is 58.1 Å². The second kappa shape index (κ2) is 12.0. The predicted octanol–water partition coefficient (Wildman–Crippen LogP) is 7.39. The third-order valence-electron chi connectivity index (χ3n) is 6.47. The van der Waals surface area contributed by atoms with Crippen molar-refractivity contribution in [3.63, 3.8) is 0 Å². The number of ketones is 1. The van der Waals surface area contributed by atoms with Crippen LogP contribution in [-0.2, 0) is 33.3 Å². The number of rotatable bonds is 8. The standard InChI is InChI=1S/C29H35F3N2O3S/c1-7-19-13-17(3)14-20(8-2)24(19)25-21(35)15-18(16-22(25)37-26(36)28(4,5)6)10-12-38-27-33-11-9-23(34-27)29(30,31)32/h9,11,13-14,18H,7-8,10,12,15-16H2,1-6H3. The van der Waals surface area contributed by atoms with Gasteiger partial charge in [-0.15, -0.1) is 0 Å². The summed E-state index contributed by atoms with van der Waals surface area (Å²) in [5, 5.41) is 0.0393. The number of esters is 1. The number of carbonyl (C=O) groups is 2. The molecule has 206 valence electrons. The van der Waals surface area contributed by atoms with Gasteiger partial charge >= 0.3 is 12.1 Å². The van der Waals surface area contributed by atoms with E-state index >= 15 is 0 Å². The number of hydrogen-bond donors (Lipinski definition) is 0. The monoisotopic (exact) mass is 548 g/mol. The highest BCUT2D eigenvalue weighted by atomic mass is 32.2. The van der Waals surface area contributed by atoms with Crippen molar-refractivity contribution < 1.29 is 27.5 Å². The summed E-state index contributed by atoms with van der Waals surface area (Å²) in [6.45, 7) is 11.4. The zero-order valence-electron chi connectivity index (χ0n) is 22.8. The van der Waals surface area contributed by atoms with Gasteiger partial charge < -0.3 is 4.74 Å². The van der Waals surface area contributed by atoms with Crippen LogP contribution in [0.5, 0.6) is 0 Å². The molecule has 0 fully saturated rings. The number of alkyl halides is 3. The first kappa shape index (κ1) is 29.9. The minimum Gasteiger partial charge on any atom is -0.430 e. The van der Waals surface area contributed by atoms with Gasteiger partial charge in [0.25, 0.3) is 0 Å². The third kappa shape index (κ3) is 7.24. The SMILES string of the molecule is CCc1cc(C)cc(CC)c1C1=C(OC(=O)C(C)(C)C)CC(CCSc2nccc(C(F)(F)F)n2)CC1=O. The lowest BCUT2D eigenvalue weighted by Gasteiger charge is -2.29. The topological polar surface area (TPSA) is 69.2 Å². The van der Waals surface area contributed by atoms with Gasteiger partial charge in [0.1, 0.15) is 11.5 Å². The fraction of sp³-hybridized carbons (Fsp3) is 0.517. The van der Waals surface area contributed by atoms with Gasteiger partial charge in [-0.1, -0.05) is 43.3 Å². The summed E-state index contributed by atoms with van der Waals surface area (Å²) in [6.07, 6.45) is -0.764. The molecule has 0 radical (unpaired) electrons. The number of benzene rings is 1. The number of ether oxygens (including phenoxy) is 1. The molecule has 1 unspecified atom stereocenters. The number of halogens is 3. The van der Waals surface area contributed by atoms with Crippen LogP contribution in [0.15, 0.2) is 35.3 Å². The van der Waals surface area contributed by atoms with Crippen molar-refractivity contribution in [2.24, 2.45) is 11.3 Å². The molecular formula is C29H35F3N2O3S. The number of aromatic nitrogens is 2. The first-order valence-electron chi connectivity index (χ1n) is 12.9. The lowest BCUT2D eigenvalue weighted by molar-refractivity contribution is -0.149. The lowest BCUT2D eigenvalue weighted by atomic mass is 9.79. The van der Waals surface area contributed by atoms with E-state index in [4.69, 9.17) is 4.74 Å². The van der Waals surface area contributed by atoms with E-state index in [0.29, 0.717) is 29.9 Å². The Kier molecular flexibility index (Phi) is 9.44. The number of allylic oxidation sites excluding steroid dienone is 2. The largest absolute Gasteiger partial charge is 0.433 e. The van der Waals surface area contributed by atoms with Crippen molar-refractivity contribution in [1.29, 1.82) is 0 Å². The van der Waals surface area contributed by atoms with Crippen LogP contribution >= 0.6 is 11.8 Å². The summed E-state index contributed by atoms with van der Waals surface area (Å²) < 4.78 is 44.9. The summed E-state index contributed by atoms with van der Waals surface area (Å²) in [5.74, 6) is 0.215. The Bertz CT molecular complexity index is 1210. The Hall–Kier alpha value is -2.68. The van der Waals surface area contributed by atoms with Crippen LogP contribution in [0, 0.1) is 18.3 Å². The van der Waals surface area contributed by atoms with Crippen molar-refractivity contribution in [2.75, 3.05) is 5.75 Å². The van der Waals surface area contributed by atoms with E-state index in [1.807, 2.05) is 20.8 Å². The maximum atomic E-state index is 13.7. The molecule has 1 aliphatic rings. The van der Waals surface area contributed by atoms with Crippen molar-refractivity contribution in [1.82, 2.24) is 9.97 Å². The van der Waals surface area contributed by atoms with Gasteiger partial charge in [0.05, 0.1) is 11.0 Å². The van der Waals surface area contributed by atoms with E-state index in [2.05, 4.69) is 22.1 Å². The number of thioether (sulfide) groups is 1. The minimum atomic E-state index is -4.54. The molecule has 1 heterocycles. The van der Waals surface area contributed by atoms with E-state index in [1.54, 1.807) is 20.8 Å². The third-order valence-corrected chi connectivity index (χ3v) is 7.37. The Morgan fingerprint density at radius 3 is 2.29 bits per heavy atom. The molecule has 0 bridgehead atoms. The second-order valence-corrected chi connectivity index (χ2v) is 11.7. The van der Waals surface area contributed by atoms with Crippen LogP contribution in [0.25, 0.3) is 5.57 Å². The molecule has 3 rings (SSSR count). The van der Waals surface area contributed by atoms with E-state index in [-0.39, 0.29) is 23.3 Å². The van der Waals surface area contributed by atoms with Crippen LogP contribution < -0.4 is 0 Å². The van der Waals surface area contributed by atoms with E-state index < -0.39 is 23.3 Å². The lowest BCUT2D eigenvalue weighted by Crippen LogP contribution is -2.27. The van der Waals surface area contributed by atoms with Crippen molar-refractivity contribution in [2.45, 2.75) is 85.0 Å². The maximum absolute atomic E-state index is 13.7. The van der Waals surface area contributed by atoms with Gasteiger partial charge in [-0.2, -0.15) is 13.2 Å². The molecule has 1 aromatic carbocycles. The molecule has 0 amide bonds. The molecule has 38 heavy (non-hydrogen) atoms. The zero-order valence-corrected chi connectivity index (χ0v) is 23.6. The predicted molar refractivity (Wildman–Crippen MR) is 143 cm³/mol. The first-order valence-corrected chi connectivity index (χ1v) is 13.9. The fourth-order valence-corrected chi connectivity index (χ4v) is 5.43. The highest BCUT2D eigenvalue weighted by Gasteiger charge is 2.35. The molecule has 9 heteroatoms. The average molecular weight is 549 g/mol. The minimum absolute atomic E-state index is 0.0393. The van der Waals surface area contributed by atoms with E-state index in [0.717, 1.165) is 59.1 Å². The average Bonchev–Trinajstić information content (AvgIpc) is 2.83. The van der Waals surface area contributed by atoms with Gasteiger partial charge in [-0.05, 0) is 75.6 Å². The molecular weight excluding hydrogens is 513 g/mol. The Morgan fingerprint density at radius 2 is 1.74 bits per heavy atom. The highest BCUT2D eigenvalue weighted by molar-refractivity contribution is 7.99. The van der Waals surface area contributed by atoms with Crippen molar-refractivity contribution >= 4 is 29.1 Å². The molecule has 0 saturated heterocycles. The molecule has 1 atom stereocenters. The van der Waals surface area contributed by atoms with Gasteiger partial charge in [0.2, 0.25) is 0 Å². The molecule has 0 aliphatic heterocycles. The van der Waals surface area contributed by atoms with Crippen LogP contribution in [0.2, 0.25) is 0 Å². The second-order valence-electron chi connectivity index (χ2n) is 10.7. The summed E-state index contributed by atoms with van der Waals surface area (Å²) in [5.41, 5.74) is 2.83. The van der Waals surface area contributed by atoms with Crippen molar-refractivity contribution in [3.8, 4) is 0 Å². The molecule has 0 spiro atoms. The molecule has 5 nitrogen and oxygen atoms in total. The van der Waals surface area contributed by atoms with Gasteiger partial charge in [0.15, 0.2) is 10.9 Å². The molecule has 0 saturated carbocycles. The number of Topliss-reactive ketones (excluding diaryl/α,β-unsaturated/α-hetero) is 1. The number of carbonyl (C=O) groups excluding carboxylic acids is 2. The van der Waals surface area contributed by atoms with Crippen LogP contribution in [-0.4, -0.2) is 27.5 Å². The van der Waals surface area contributed by atoms with Gasteiger partial charge in [0, 0.05) is 24.8 Å². The van der Waals surface area contributed by atoms with E-state index in [9.17, 15) is 22.8 Å². The van der Waals surface area contributed by atoms with Gasteiger partial charge in [-0.25, -0.2) is 9.97 Å². The summed E-state index contributed by atoms with van der Waals surface area (Å²) in [4.78, 5) is 34.1. The Labute approximate surface area is 226 Å². The summed E-state index contributed by atoms with van der Waals surface area (Å²) in [7, 11) is 0. The zero-order chi connectivity index (χ0) is 28.3. The Morgan fingerprint density at radius 1 is 1.11 bits per heavy atom. The summed E-state index contributed by atoms with van der Waals surface area (Å²) in [6, 6.07) is 5.00. The molecule has 0 N–H and O–H groups in total. The number of hydrogen-bond acceptors (Lipinski definition) is 6. The van der Waals surface area contributed by atoms with Crippen LogP contribution in [0.1, 0.15) is 81.8 Å². The van der Waals surface area contributed by atoms with Gasteiger partial charge in [-0.3, -0.25) is 9.59 Å². The van der Waals surface area contributed by atoms with Crippen LogP contribution in [0.4, 0.5) is 13.2 Å². The highest BCUT2D eigenvalue weighted by Crippen LogP contribution is 2.40. The number of aryl methyl sites for hydroxylation is 3. The number of nitrogens with zero attached hydrogens (tertiary/aromatic N) is 2. The fourth-order valence-electron chi connectivity index (χ4n) is 4.50. The first-order chi connectivity index (χ1) is 17.7. The maximum Gasteiger partial charge on any atom is 0.433 e. The van der Waals surface area contributed by atoms with Crippen LogP contribution in [0.3, 0.4) is 0 Å². The normalized spacial score (nSPS) is 16.7. The Balaban J connectivity index is 1.91. The van der Waals surface area contributed by atoms with E-state index in [1.165, 1.54) is 0 Å².